The van der Waals surface area contributed by atoms with Crippen molar-refractivity contribution in [2.45, 2.75) is 49.3 Å². The van der Waals surface area contributed by atoms with Crippen molar-refractivity contribution in [3.8, 4) is 11.8 Å². The van der Waals surface area contributed by atoms with Gasteiger partial charge in [0.25, 0.3) is 10.0 Å². The number of hydrogen-bond donors (Lipinski definition) is 2. The van der Waals surface area contributed by atoms with Crippen LogP contribution in [0.4, 0.5) is 5.69 Å². The van der Waals surface area contributed by atoms with Gasteiger partial charge >= 0.3 is 5.97 Å². The number of hydrogen-bond acceptors (Lipinski definition) is 5. The number of carboxylic acids is 1. The Hall–Kier alpha value is -2.76. The van der Waals surface area contributed by atoms with Gasteiger partial charge in [-0.05, 0) is 61.3 Å². The van der Waals surface area contributed by atoms with Crippen LogP contribution in [0.25, 0.3) is 0 Å². The number of carbonyl (C=O) groups is 1. The van der Waals surface area contributed by atoms with Crippen LogP contribution in [-0.4, -0.2) is 26.1 Å². The summed E-state index contributed by atoms with van der Waals surface area (Å²) in [4.78, 5) is 11.4. The Bertz CT molecular complexity index is 1200. The van der Waals surface area contributed by atoms with Crippen molar-refractivity contribution < 1.29 is 23.1 Å². The van der Waals surface area contributed by atoms with Crippen LogP contribution in [0.1, 0.15) is 65.9 Å². The molecule has 0 heterocycles. The van der Waals surface area contributed by atoms with Crippen LogP contribution >= 0.6 is 11.6 Å². The summed E-state index contributed by atoms with van der Waals surface area (Å²) < 4.78 is 35.1. The van der Waals surface area contributed by atoms with Gasteiger partial charge in [-0.25, -0.2) is 13.2 Å². The number of benzene rings is 2. The minimum Gasteiger partial charge on any atom is -0.491 e. The molecule has 2 aromatic rings. The summed E-state index contributed by atoms with van der Waals surface area (Å²) >= 11 is 6.17. The van der Waals surface area contributed by atoms with Crippen molar-refractivity contribution in [1.29, 1.82) is 5.26 Å². The molecule has 0 spiro atoms. The molecule has 4 rings (SSSR count). The molecular formula is C23H23ClN2O5S. The first-order valence-electron chi connectivity index (χ1n) is 10.5. The minimum atomic E-state index is -4.15. The van der Waals surface area contributed by atoms with Gasteiger partial charge in [-0.2, -0.15) is 5.26 Å². The van der Waals surface area contributed by atoms with E-state index in [-0.39, 0.29) is 38.4 Å². The third kappa shape index (κ3) is 4.84. The number of nitrogens with zero attached hydrogens (tertiary/aromatic N) is 1. The molecule has 2 aliphatic rings. The van der Waals surface area contributed by atoms with Crippen molar-refractivity contribution >= 4 is 33.3 Å². The van der Waals surface area contributed by atoms with Crippen LogP contribution in [0.15, 0.2) is 35.2 Å². The molecule has 9 heteroatoms. The lowest BCUT2D eigenvalue weighted by molar-refractivity contribution is 0.0696. The summed E-state index contributed by atoms with van der Waals surface area (Å²) in [5.74, 6) is -0.487. The van der Waals surface area contributed by atoms with E-state index in [4.69, 9.17) is 16.3 Å². The van der Waals surface area contributed by atoms with E-state index in [2.05, 4.69) is 4.72 Å². The number of nitriles is 1. The van der Waals surface area contributed by atoms with Crippen molar-refractivity contribution in [2.24, 2.45) is 5.92 Å². The average molecular weight is 475 g/mol. The number of ether oxygens (including phenoxy) is 1. The molecule has 0 radical (unpaired) electrons. The fraction of sp³-hybridized carbons (Fsp3) is 0.391. The Labute approximate surface area is 192 Å². The predicted octanol–water partition coefficient (Wildman–Crippen LogP) is 5.16. The zero-order valence-electron chi connectivity index (χ0n) is 17.3. The molecule has 2 N–H and O–H groups in total. The minimum absolute atomic E-state index is 0.0740. The summed E-state index contributed by atoms with van der Waals surface area (Å²) in [7, 11) is -4.15. The first-order valence-corrected chi connectivity index (χ1v) is 12.4. The third-order valence-corrected chi connectivity index (χ3v) is 7.68. The fourth-order valence-electron chi connectivity index (χ4n) is 4.06. The van der Waals surface area contributed by atoms with Crippen molar-refractivity contribution in [2.75, 3.05) is 11.3 Å². The topological polar surface area (TPSA) is 116 Å². The zero-order chi connectivity index (χ0) is 22.9. The van der Waals surface area contributed by atoms with Gasteiger partial charge in [0.15, 0.2) is 0 Å². The molecule has 0 saturated heterocycles. The second-order valence-electron chi connectivity index (χ2n) is 8.34. The summed E-state index contributed by atoms with van der Waals surface area (Å²) in [6.45, 7) is 0.429. The number of carboxylic acid groups (broad SMARTS) is 1. The van der Waals surface area contributed by atoms with Gasteiger partial charge in [-0.1, -0.05) is 30.5 Å². The van der Waals surface area contributed by atoms with Gasteiger partial charge in [-0.15, -0.1) is 0 Å². The predicted molar refractivity (Wildman–Crippen MR) is 120 cm³/mol. The number of nitrogens with one attached hydrogen (secondary N) is 1. The lowest BCUT2D eigenvalue weighted by Crippen LogP contribution is -2.17. The van der Waals surface area contributed by atoms with Gasteiger partial charge < -0.3 is 9.84 Å². The SMILES string of the molecule is N#Cc1cc(NS(=O)(=O)c2cc(C(=O)O)ccc2C2CC2)c(OCC2CCCC2)cc1Cl. The number of anilines is 1. The Morgan fingerprint density at radius 2 is 1.91 bits per heavy atom. The smallest absolute Gasteiger partial charge is 0.335 e. The van der Waals surface area contributed by atoms with E-state index in [1.54, 1.807) is 6.07 Å². The molecule has 2 aromatic carbocycles. The van der Waals surface area contributed by atoms with Crippen LogP contribution < -0.4 is 9.46 Å². The average Bonchev–Trinajstić information content (AvgIpc) is 3.48. The van der Waals surface area contributed by atoms with Crippen LogP contribution in [0, 0.1) is 17.2 Å². The highest BCUT2D eigenvalue weighted by Crippen LogP contribution is 2.44. The van der Waals surface area contributed by atoms with Crippen LogP contribution in [0.3, 0.4) is 0 Å². The van der Waals surface area contributed by atoms with E-state index in [1.165, 1.54) is 24.3 Å². The summed E-state index contributed by atoms with van der Waals surface area (Å²) in [6, 6.07) is 8.91. The second-order valence-corrected chi connectivity index (χ2v) is 10.4. The van der Waals surface area contributed by atoms with Crippen LogP contribution in [-0.2, 0) is 10.0 Å². The van der Waals surface area contributed by atoms with Crippen LogP contribution in [0.5, 0.6) is 5.75 Å². The monoisotopic (exact) mass is 474 g/mol. The summed E-state index contributed by atoms with van der Waals surface area (Å²) in [5.41, 5.74) is 0.692. The van der Waals surface area contributed by atoms with E-state index in [0.717, 1.165) is 38.5 Å². The van der Waals surface area contributed by atoms with Crippen LogP contribution in [0.2, 0.25) is 5.02 Å². The molecule has 32 heavy (non-hydrogen) atoms. The number of aromatic carboxylic acids is 1. The van der Waals surface area contributed by atoms with E-state index in [9.17, 15) is 23.6 Å². The van der Waals surface area contributed by atoms with E-state index < -0.39 is 16.0 Å². The summed E-state index contributed by atoms with van der Waals surface area (Å²) in [5, 5.41) is 18.9. The standard InChI is InChI=1S/C23H23ClN2O5S/c24-19-11-21(31-13-14-3-1-2-4-14)20(9-17(19)12-25)26-32(29,30)22-10-16(23(27)28)7-8-18(22)15-5-6-15/h7-11,14-15,26H,1-6,13H2,(H,27,28). The maximum Gasteiger partial charge on any atom is 0.335 e. The summed E-state index contributed by atoms with van der Waals surface area (Å²) in [6.07, 6.45) is 6.10. The Morgan fingerprint density at radius 1 is 1.19 bits per heavy atom. The molecule has 7 nitrogen and oxygen atoms in total. The number of halogens is 1. The normalized spacial score (nSPS) is 16.5. The highest BCUT2D eigenvalue weighted by atomic mass is 35.5. The highest BCUT2D eigenvalue weighted by Gasteiger charge is 2.32. The fourth-order valence-corrected chi connectivity index (χ4v) is 5.64. The number of rotatable bonds is 8. The molecule has 0 aromatic heterocycles. The maximum absolute atomic E-state index is 13.4. The van der Waals surface area contributed by atoms with Gasteiger partial charge in [-0.3, -0.25) is 4.72 Å². The molecular weight excluding hydrogens is 452 g/mol. The van der Waals surface area contributed by atoms with Crippen molar-refractivity contribution in [3.05, 3.63) is 52.0 Å². The number of sulfonamides is 1. The van der Waals surface area contributed by atoms with Gasteiger partial charge in [0.1, 0.15) is 11.8 Å². The zero-order valence-corrected chi connectivity index (χ0v) is 18.9. The molecule has 0 aliphatic heterocycles. The highest BCUT2D eigenvalue weighted by molar-refractivity contribution is 7.92. The molecule has 2 saturated carbocycles. The Balaban J connectivity index is 1.70. The van der Waals surface area contributed by atoms with E-state index in [0.29, 0.717) is 18.1 Å². The molecule has 2 fully saturated rings. The third-order valence-electron chi connectivity index (χ3n) is 5.95. The Morgan fingerprint density at radius 3 is 2.53 bits per heavy atom. The van der Waals surface area contributed by atoms with Gasteiger partial charge in [0.05, 0.1) is 33.3 Å². The van der Waals surface area contributed by atoms with Gasteiger partial charge in [0, 0.05) is 6.07 Å². The molecule has 0 amide bonds. The first kappa shape index (κ1) is 22.4. The van der Waals surface area contributed by atoms with E-state index >= 15 is 0 Å². The van der Waals surface area contributed by atoms with Crippen molar-refractivity contribution in [1.82, 2.24) is 0 Å². The second kappa shape index (κ2) is 9.00. The maximum atomic E-state index is 13.4. The first-order chi connectivity index (χ1) is 15.3. The Kier molecular flexibility index (Phi) is 6.31. The molecule has 0 atom stereocenters. The molecule has 2 aliphatic carbocycles. The molecule has 0 bridgehead atoms. The molecule has 168 valence electrons. The lowest BCUT2D eigenvalue weighted by Gasteiger charge is -2.18. The largest absolute Gasteiger partial charge is 0.491 e. The van der Waals surface area contributed by atoms with Gasteiger partial charge in [0.2, 0.25) is 0 Å². The molecule has 0 unspecified atom stereocenters. The lowest BCUT2D eigenvalue weighted by atomic mass is 10.1. The van der Waals surface area contributed by atoms with E-state index in [1.807, 2.05) is 6.07 Å². The quantitative estimate of drug-likeness (QED) is 0.546. The van der Waals surface area contributed by atoms with Crippen molar-refractivity contribution in [3.63, 3.8) is 0 Å².